The maximum atomic E-state index is 12.5. The number of benzene rings is 1. The number of ether oxygens (including phenoxy) is 2. The first-order valence-corrected chi connectivity index (χ1v) is 10.1. The maximum Gasteiger partial charge on any atom is 0.260 e. The Balaban J connectivity index is 1.25. The summed E-state index contributed by atoms with van der Waals surface area (Å²) in [6.07, 6.45) is 2.45. The molecule has 0 saturated carbocycles. The molecule has 0 N–H and O–H groups in total. The minimum atomic E-state index is -0.0112. The van der Waals surface area contributed by atoms with Crippen molar-refractivity contribution in [2.45, 2.75) is 12.8 Å². The molecule has 0 radical (unpaired) electrons. The van der Waals surface area contributed by atoms with Gasteiger partial charge in [-0.15, -0.1) is 10.2 Å². The molecule has 1 amide bonds. The molecule has 4 rings (SSSR count). The van der Waals surface area contributed by atoms with Crippen LogP contribution in [0.15, 0.2) is 36.4 Å². The summed E-state index contributed by atoms with van der Waals surface area (Å²) in [5, 5.41) is 8.79. The molecule has 154 valence electrons. The standard InChI is InChI=1S/C21H27N5O3/c1-28-17-5-4-6-18(15-17)29-16-21(27)26-13-11-25(12-14-26)20-8-7-19(22-23-20)24-9-2-3-10-24/h4-8,15H,2-3,9-14,16H2,1H3. The third-order valence-electron chi connectivity index (χ3n) is 5.43. The van der Waals surface area contributed by atoms with Gasteiger partial charge in [0, 0.05) is 45.3 Å². The van der Waals surface area contributed by atoms with Crippen molar-refractivity contribution in [3.8, 4) is 11.5 Å². The zero-order valence-corrected chi connectivity index (χ0v) is 16.8. The largest absolute Gasteiger partial charge is 0.497 e. The highest BCUT2D eigenvalue weighted by Crippen LogP contribution is 2.21. The summed E-state index contributed by atoms with van der Waals surface area (Å²) in [5.41, 5.74) is 0. The van der Waals surface area contributed by atoms with Crippen LogP contribution in [0, 0.1) is 0 Å². The lowest BCUT2D eigenvalue weighted by molar-refractivity contribution is -0.133. The summed E-state index contributed by atoms with van der Waals surface area (Å²) < 4.78 is 10.8. The number of anilines is 2. The van der Waals surface area contributed by atoms with Gasteiger partial charge in [-0.25, -0.2) is 0 Å². The Morgan fingerprint density at radius 2 is 1.52 bits per heavy atom. The molecule has 2 aliphatic rings. The van der Waals surface area contributed by atoms with Gasteiger partial charge in [0.1, 0.15) is 11.5 Å². The van der Waals surface area contributed by atoms with E-state index in [0.717, 1.165) is 37.8 Å². The number of rotatable bonds is 6. The Morgan fingerprint density at radius 1 is 0.897 bits per heavy atom. The van der Waals surface area contributed by atoms with E-state index < -0.39 is 0 Å². The predicted molar refractivity (Wildman–Crippen MR) is 111 cm³/mol. The number of aromatic nitrogens is 2. The van der Waals surface area contributed by atoms with Crippen molar-refractivity contribution in [2.75, 3.05) is 62.8 Å². The lowest BCUT2D eigenvalue weighted by Gasteiger charge is -2.35. The van der Waals surface area contributed by atoms with Crippen LogP contribution in [-0.2, 0) is 4.79 Å². The Bertz CT molecular complexity index is 815. The molecule has 2 aromatic rings. The molecule has 0 aliphatic carbocycles. The van der Waals surface area contributed by atoms with Crippen molar-refractivity contribution in [1.82, 2.24) is 15.1 Å². The molecule has 0 spiro atoms. The number of hydrogen-bond donors (Lipinski definition) is 0. The highest BCUT2D eigenvalue weighted by molar-refractivity contribution is 5.78. The van der Waals surface area contributed by atoms with Gasteiger partial charge in [0.15, 0.2) is 18.2 Å². The quantitative estimate of drug-likeness (QED) is 0.736. The maximum absolute atomic E-state index is 12.5. The number of nitrogens with zero attached hydrogens (tertiary/aromatic N) is 5. The average molecular weight is 397 g/mol. The molecule has 1 aromatic carbocycles. The van der Waals surface area contributed by atoms with Gasteiger partial charge in [-0.1, -0.05) is 6.07 Å². The molecule has 0 bridgehead atoms. The Morgan fingerprint density at radius 3 is 2.14 bits per heavy atom. The minimum absolute atomic E-state index is 0.0112. The average Bonchev–Trinajstić information content (AvgIpc) is 3.33. The van der Waals surface area contributed by atoms with E-state index in [4.69, 9.17) is 9.47 Å². The normalized spacial score (nSPS) is 16.8. The fourth-order valence-electron chi connectivity index (χ4n) is 3.71. The topological polar surface area (TPSA) is 71.0 Å². The van der Waals surface area contributed by atoms with Gasteiger partial charge in [0.2, 0.25) is 0 Å². The van der Waals surface area contributed by atoms with Gasteiger partial charge in [-0.2, -0.15) is 0 Å². The molecular formula is C21H27N5O3. The Labute approximate surface area is 171 Å². The summed E-state index contributed by atoms with van der Waals surface area (Å²) in [6.45, 7) is 4.92. The summed E-state index contributed by atoms with van der Waals surface area (Å²) in [6, 6.07) is 11.4. The molecule has 2 fully saturated rings. The number of hydrogen-bond acceptors (Lipinski definition) is 7. The molecule has 2 saturated heterocycles. The fraction of sp³-hybridized carbons (Fsp3) is 0.476. The number of amides is 1. The first kappa shape index (κ1) is 19.3. The monoisotopic (exact) mass is 397 g/mol. The van der Waals surface area contributed by atoms with E-state index in [1.54, 1.807) is 13.2 Å². The molecule has 2 aliphatic heterocycles. The summed E-state index contributed by atoms with van der Waals surface area (Å²) >= 11 is 0. The van der Waals surface area contributed by atoms with Gasteiger partial charge in [0.25, 0.3) is 5.91 Å². The van der Waals surface area contributed by atoms with Crippen LogP contribution in [0.1, 0.15) is 12.8 Å². The summed E-state index contributed by atoms with van der Waals surface area (Å²) in [7, 11) is 1.61. The first-order chi connectivity index (χ1) is 14.2. The van der Waals surface area contributed by atoms with Crippen molar-refractivity contribution in [3.63, 3.8) is 0 Å². The number of carbonyl (C=O) groups excluding carboxylic acids is 1. The third kappa shape index (κ3) is 4.70. The number of carbonyl (C=O) groups is 1. The number of methoxy groups -OCH3 is 1. The van der Waals surface area contributed by atoms with Crippen LogP contribution in [0.5, 0.6) is 11.5 Å². The van der Waals surface area contributed by atoms with Crippen molar-refractivity contribution in [3.05, 3.63) is 36.4 Å². The van der Waals surface area contributed by atoms with Crippen LogP contribution in [0.4, 0.5) is 11.6 Å². The van der Waals surface area contributed by atoms with Crippen molar-refractivity contribution in [2.24, 2.45) is 0 Å². The van der Waals surface area contributed by atoms with Crippen LogP contribution in [0.2, 0.25) is 0 Å². The van der Waals surface area contributed by atoms with Crippen LogP contribution in [0.25, 0.3) is 0 Å². The summed E-state index contributed by atoms with van der Waals surface area (Å²) in [5.74, 6) is 3.15. The van der Waals surface area contributed by atoms with Crippen molar-refractivity contribution >= 4 is 17.5 Å². The molecule has 8 heteroatoms. The van der Waals surface area contributed by atoms with Crippen LogP contribution < -0.4 is 19.3 Å². The fourth-order valence-corrected chi connectivity index (χ4v) is 3.71. The highest BCUT2D eigenvalue weighted by Gasteiger charge is 2.23. The van der Waals surface area contributed by atoms with Crippen LogP contribution >= 0.6 is 0 Å². The smallest absolute Gasteiger partial charge is 0.260 e. The van der Waals surface area contributed by atoms with E-state index in [9.17, 15) is 4.79 Å². The van der Waals surface area contributed by atoms with E-state index in [1.165, 1.54) is 12.8 Å². The zero-order chi connectivity index (χ0) is 20.1. The van der Waals surface area contributed by atoms with Crippen molar-refractivity contribution < 1.29 is 14.3 Å². The van der Waals surface area contributed by atoms with Crippen LogP contribution in [0.3, 0.4) is 0 Å². The highest BCUT2D eigenvalue weighted by atomic mass is 16.5. The molecule has 3 heterocycles. The van der Waals surface area contributed by atoms with Gasteiger partial charge < -0.3 is 24.2 Å². The minimum Gasteiger partial charge on any atom is -0.497 e. The van der Waals surface area contributed by atoms with Crippen LogP contribution in [-0.4, -0.2) is 74.0 Å². The molecule has 0 unspecified atom stereocenters. The second-order valence-corrected chi connectivity index (χ2v) is 7.28. The molecule has 1 aromatic heterocycles. The van der Waals surface area contributed by atoms with Gasteiger partial charge in [-0.3, -0.25) is 4.79 Å². The Hall–Kier alpha value is -3.03. The third-order valence-corrected chi connectivity index (χ3v) is 5.43. The second-order valence-electron chi connectivity index (χ2n) is 7.28. The summed E-state index contributed by atoms with van der Waals surface area (Å²) in [4.78, 5) is 18.8. The molecular weight excluding hydrogens is 370 g/mol. The van der Waals surface area contributed by atoms with Gasteiger partial charge in [0.05, 0.1) is 7.11 Å². The van der Waals surface area contributed by atoms with Gasteiger partial charge in [-0.05, 0) is 37.1 Å². The lowest BCUT2D eigenvalue weighted by atomic mass is 10.3. The van der Waals surface area contributed by atoms with E-state index in [2.05, 4.69) is 20.0 Å². The van der Waals surface area contributed by atoms with E-state index in [0.29, 0.717) is 24.6 Å². The first-order valence-electron chi connectivity index (χ1n) is 10.1. The SMILES string of the molecule is COc1cccc(OCC(=O)N2CCN(c3ccc(N4CCCC4)nn3)CC2)c1. The molecule has 8 nitrogen and oxygen atoms in total. The molecule has 29 heavy (non-hydrogen) atoms. The van der Waals surface area contributed by atoms with E-state index in [1.807, 2.05) is 35.2 Å². The zero-order valence-electron chi connectivity index (χ0n) is 16.8. The van der Waals surface area contributed by atoms with E-state index in [-0.39, 0.29) is 12.5 Å². The Kier molecular flexibility index (Phi) is 5.97. The second kappa shape index (κ2) is 8.98. The lowest BCUT2D eigenvalue weighted by Crippen LogP contribution is -2.50. The molecule has 0 atom stereocenters. The van der Waals surface area contributed by atoms with E-state index >= 15 is 0 Å². The van der Waals surface area contributed by atoms with Gasteiger partial charge >= 0.3 is 0 Å². The predicted octanol–water partition coefficient (Wildman–Crippen LogP) is 1.81. The number of piperazine rings is 1. The van der Waals surface area contributed by atoms with Crippen molar-refractivity contribution in [1.29, 1.82) is 0 Å².